The number of likely N-dealkylation sites (tertiary alicyclic amines) is 1. The predicted molar refractivity (Wildman–Crippen MR) is 108 cm³/mol. The average Bonchev–Trinajstić information content (AvgIpc) is 2.66. The first-order valence-corrected chi connectivity index (χ1v) is 10.0. The van der Waals surface area contributed by atoms with Crippen molar-refractivity contribution in [3.63, 3.8) is 0 Å². The lowest BCUT2D eigenvalue weighted by Crippen LogP contribution is -2.54. The zero-order valence-electron chi connectivity index (χ0n) is 17.0. The summed E-state index contributed by atoms with van der Waals surface area (Å²) in [4.78, 5) is 44.1. The molecule has 0 aliphatic carbocycles. The Morgan fingerprint density at radius 1 is 1.17 bits per heavy atom. The van der Waals surface area contributed by atoms with Gasteiger partial charge in [0, 0.05) is 61.5 Å². The van der Waals surface area contributed by atoms with E-state index in [2.05, 4.69) is 10.3 Å². The van der Waals surface area contributed by atoms with Crippen LogP contribution in [0.5, 0.6) is 0 Å². The largest absolute Gasteiger partial charge is 0.350 e. The summed E-state index contributed by atoms with van der Waals surface area (Å²) in [6, 6.07) is 8.43. The van der Waals surface area contributed by atoms with E-state index in [1.165, 1.54) is 6.07 Å². The summed E-state index contributed by atoms with van der Waals surface area (Å²) in [7, 11) is 0. The molecule has 2 aliphatic rings. The summed E-state index contributed by atoms with van der Waals surface area (Å²) in [5, 5.41) is 3.01. The zero-order chi connectivity index (χ0) is 20.7. The number of pyridine rings is 2. The van der Waals surface area contributed by atoms with Gasteiger partial charge in [-0.3, -0.25) is 23.9 Å². The molecule has 1 saturated heterocycles. The van der Waals surface area contributed by atoms with Crippen molar-refractivity contribution in [1.29, 1.82) is 0 Å². The van der Waals surface area contributed by atoms with Gasteiger partial charge in [0.1, 0.15) is 6.04 Å². The van der Waals surface area contributed by atoms with Gasteiger partial charge in [-0.2, -0.15) is 0 Å². The van der Waals surface area contributed by atoms with Crippen molar-refractivity contribution in [2.45, 2.75) is 45.7 Å². The van der Waals surface area contributed by atoms with Crippen LogP contribution in [-0.4, -0.2) is 39.4 Å². The van der Waals surface area contributed by atoms with Crippen molar-refractivity contribution < 1.29 is 9.59 Å². The van der Waals surface area contributed by atoms with E-state index in [-0.39, 0.29) is 29.2 Å². The monoisotopic (exact) mass is 394 g/mol. The van der Waals surface area contributed by atoms with Crippen molar-refractivity contribution in [2.75, 3.05) is 13.1 Å². The summed E-state index contributed by atoms with van der Waals surface area (Å²) in [5.74, 6) is -0.166. The molecule has 2 aromatic rings. The van der Waals surface area contributed by atoms with Crippen LogP contribution in [0.25, 0.3) is 0 Å². The van der Waals surface area contributed by atoms with Crippen LogP contribution in [0.2, 0.25) is 0 Å². The van der Waals surface area contributed by atoms with Gasteiger partial charge < -0.3 is 10.2 Å². The van der Waals surface area contributed by atoms with Crippen LogP contribution in [0.3, 0.4) is 0 Å². The third-order valence-corrected chi connectivity index (χ3v) is 5.97. The lowest BCUT2D eigenvalue weighted by Gasteiger charge is -2.46. The fourth-order valence-electron chi connectivity index (χ4n) is 4.84. The van der Waals surface area contributed by atoms with Crippen molar-refractivity contribution in [3.05, 3.63) is 63.3 Å². The molecule has 3 atom stereocenters. The van der Waals surface area contributed by atoms with Crippen LogP contribution in [0, 0.1) is 19.8 Å². The number of amides is 2. The number of rotatable bonds is 3. The first-order chi connectivity index (χ1) is 13.8. The standard InChI is InChI=1S/C22H26N4O3/c1-13-7-16(8-14(2)24-13)10-23-22(29)21-18-9-17(11-25(12-18)15(3)27)19-5-4-6-20(28)26(19)21/h4-8,17-18,21H,9-12H2,1-3H3,(H,23,29)/t17-,18+,21-/m1/s1. The number of nitrogens with one attached hydrogen (secondary N) is 1. The maximum absolute atomic E-state index is 13.2. The Morgan fingerprint density at radius 3 is 2.59 bits per heavy atom. The highest BCUT2D eigenvalue weighted by Crippen LogP contribution is 2.41. The lowest BCUT2D eigenvalue weighted by molar-refractivity contribution is -0.135. The Morgan fingerprint density at radius 2 is 1.90 bits per heavy atom. The molecule has 0 aromatic carbocycles. The third-order valence-electron chi connectivity index (χ3n) is 5.97. The van der Waals surface area contributed by atoms with Crippen LogP contribution in [0.15, 0.2) is 35.1 Å². The maximum Gasteiger partial charge on any atom is 0.251 e. The quantitative estimate of drug-likeness (QED) is 0.859. The third kappa shape index (κ3) is 3.69. The second kappa shape index (κ2) is 7.46. The summed E-state index contributed by atoms with van der Waals surface area (Å²) in [6.45, 7) is 6.88. The normalized spacial score (nSPS) is 22.7. The minimum absolute atomic E-state index is 0.00771. The first-order valence-electron chi connectivity index (χ1n) is 10.0. The molecule has 2 amide bonds. The number of hydrogen-bond donors (Lipinski definition) is 1. The highest BCUT2D eigenvalue weighted by Gasteiger charge is 2.44. The molecule has 1 N–H and O–H groups in total. The number of hydrogen-bond acceptors (Lipinski definition) is 4. The van der Waals surface area contributed by atoms with E-state index in [0.717, 1.165) is 29.1 Å². The zero-order valence-corrected chi connectivity index (χ0v) is 17.0. The van der Waals surface area contributed by atoms with Crippen molar-refractivity contribution in [3.8, 4) is 0 Å². The molecular weight excluding hydrogens is 368 g/mol. The average molecular weight is 394 g/mol. The number of fused-ring (bicyclic) bond motifs is 4. The molecule has 0 saturated carbocycles. The van der Waals surface area contributed by atoms with E-state index in [1.54, 1.807) is 22.5 Å². The van der Waals surface area contributed by atoms with Crippen LogP contribution in [0.1, 0.15) is 47.9 Å². The fraction of sp³-hybridized carbons (Fsp3) is 0.455. The molecule has 2 aliphatic heterocycles. The van der Waals surface area contributed by atoms with Gasteiger partial charge in [0.25, 0.3) is 5.56 Å². The SMILES string of the molecule is CC(=O)N1C[C@H]2C[C@@H](C1)[C@H](C(=O)NCc1cc(C)nc(C)c1)n1c2cccc1=O. The van der Waals surface area contributed by atoms with E-state index < -0.39 is 6.04 Å². The number of carbonyl (C=O) groups is 2. The van der Waals surface area contributed by atoms with Gasteiger partial charge in [0.05, 0.1) is 0 Å². The van der Waals surface area contributed by atoms with E-state index in [1.807, 2.05) is 32.0 Å². The van der Waals surface area contributed by atoms with Crippen LogP contribution >= 0.6 is 0 Å². The highest BCUT2D eigenvalue weighted by molar-refractivity contribution is 5.81. The molecule has 152 valence electrons. The van der Waals surface area contributed by atoms with Crippen LogP contribution in [0.4, 0.5) is 0 Å². The second-order valence-corrected chi connectivity index (χ2v) is 8.20. The molecule has 7 heteroatoms. The van der Waals surface area contributed by atoms with Gasteiger partial charge in [0.2, 0.25) is 11.8 Å². The van der Waals surface area contributed by atoms with Crippen molar-refractivity contribution >= 4 is 11.8 Å². The molecule has 7 nitrogen and oxygen atoms in total. The Kier molecular flexibility index (Phi) is 4.98. The molecule has 0 radical (unpaired) electrons. The summed E-state index contributed by atoms with van der Waals surface area (Å²) in [6.07, 6.45) is 0.804. The molecule has 29 heavy (non-hydrogen) atoms. The fourth-order valence-corrected chi connectivity index (χ4v) is 4.84. The highest BCUT2D eigenvalue weighted by atomic mass is 16.2. The molecule has 4 rings (SSSR count). The van der Waals surface area contributed by atoms with Gasteiger partial charge in [-0.25, -0.2) is 0 Å². The topological polar surface area (TPSA) is 84.3 Å². The maximum atomic E-state index is 13.2. The van der Waals surface area contributed by atoms with Crippen LogP contribution in [-0.2, 0) is 16.1 Å². The minimum atomic E-state index is -0.610. The molecule has 0 spiro atoms. The van der Waals surface area contributed by atoms with Gasteiger partial charge in [0.15, 0.2) is 0 Å². The van der Waals surface area contributed by atoms with Crippen molar-refractivity contribution in [2.24, 2.45) is 5.92 Å². The number of aryl methyl sites for hydroxylation is 2. The molecule has 1 fully saturated rings. The number of piperidine rings is 1. The Labute approximate surface area is 169 Å². The summed E-state index contributed by atoms with van der Waals surface area (Å²) in [5.41, 5.74) is 3.47. The molecular formula is C22H26N4O3. The smallest absolute Gasteiger partial charge is 0.251 e. The molecule has 4 heterocycles. The van der Waals surface area contributed by atoms with E-state index in [0.29, 0.717) is 19.6 Å². The number of aromatic nitrogens is 2. The Bertz CT molecular complexity index is 1010. The molecule has 0 unspecified atom stereocenters. The first kappa shape index (κ1) is 19.4. The Balaban J connectivity index is 1.64. The van der Waals surface area contributed by atoms with E-state index in [9.17, 15) is 14.4 Å². The second-order valence-electron chi connectivity index (χ2n) is 8.20. The Hall–Kier alpha value is -2.96. The van der Waals surface area contributed by atoms with Crippen LogP contribution < -0.4 is 10.9 Å². The molecule has 2 bridgehead atoms. The lowest BCUT2D eigenvalue weighted by atomic mass is 9.78. The van der Waals surface area contributed by atoms with Gasteiger partial charge in [-0.1, -0.05) is 6.07 Å². The van der Waals surface area contributed by atoms with E-state index >= 15 is 0 Å². The van der Waals surface area contributed by atoms with Gasteiger partial charge >= 0.3 is 0 Å². The number of carbonyl (C=O) groups excluding carboxylic acids is 2. The van der Waals surface area contributed by atoms with E-state index in [4.69, 9.17) is 0 Å². The van der Waals surface area contributed by atoms with Gasteiger partial charge in [-0.15, -0.1) is 0 Å². The minimum Gasteiger partial charge on any atom is -0.350 e. The predicted octanol–water partition coefficient (Wildman–Crippen LogP) is 1.68. The molecule has 2 aromatic heterocycles. The number of nitrogens with zero attached hydrogens (tertiary/aromatic N) is 3. The van der Waals surface area contributed by atoms with Gasteiger partial charge in [-0.05, 0) is 44.0 Å². The summed E-state index contributed by atoms with van der Waals surface area (Å²) >= 11 is 0. The van der Waals surface area contributed by atoms with Crippen molar-refractivity contribution in [1.82, 2.24) is 19.8 Å². The summed E-state index contributed by atoms with van der Waals surface area (Å²) < 4.78 is 1.65.